The van der Waals surface area contributed by atoms with Crippen LogP contribution in [0.3, 0.4) is 0 Å². The van der Waals surface area contributed by atoms with Crippen LogP contribution in [0.5, 0.6) is 11.5 Å². The van der Waals surface area contributed by atoms with E-state index in [9.17, 15) is 4.79 Å². The molecule has 3 aromatic rings. The van der Waals surface area contributed by atoms with Crippen molar-refractivity contribution in [1.82, 2.24) is 5.32 Å². The average Bonchev–Trinajstić information content (AvgIpc) is 2.71. The lowest BCUT2D eigenvalue weighted by atomic mass is 10.1. The van der Waals surface area contributed by atoms with Crippen LogP contribution in [0.4, 0.5) is 0 Å². The van der Waals surface area contributed by atoms with E-state index in [2.05, 4.69) is 17.2 Å². The lowest BCUT2D eigenvalue weighted by Gasteiger charge is -2.06. The van der Waals surface area contributed by atoms with Crippen LogP contribution in [-0.2, 0) is 11.2 Å². The van der Waals surface area contributed by atoms with Gasteiger partial charge in [-0.2, -0.15) is 0 Å². The minimum atomic E-state index is -0.0653. The molecule has 0 radical (unpaired) electrons. The van der Waals surface area contributed by atoms with E-state index in [-0.39, 0.29) is 12.5 Å². The highest BCUT2D eigenvalue weighted by atomic mass is 16.5. The fraction of sp³-hybridized carbons (Fsp3) is 0.174. The second kappa shape index (κ2) is 9.30. The summed E-state index contributed by atoms with van der Waals surface area (Å²) < 4.78 is 10.8. The Morgan fingerprint density at radius 1 is 0.963 bits per heavy atom. The summed E-state index contributed by atoms with van der Waals surface area (Å²) in [4.78, 5) is 11.9. The molecule has 0 aromatic heterocycles. The molecule has 0 bridgehead atoms. The molecular formula is C23H21NO3. The maximum Gasteiger partial charge on any atom is 0.225 e. The second-order valence-electron chi connectivity index (χ2n) is 5.92. The molecule has 27 heavy (non-hydrogen) atoms. The van der Waals surface area contributed by atoms with E-state index in [4.69, 9.17) is 9.47 Å². The topological polar surface area (TPSA) is 47.6 Å². The summed E-state index contributed by atoms with van der Waals surface area (Å²) in [6.07, 6.45) is 0.318. The van der Waals surface area contributed by atoms with Crippen molar-refractivity contribution in [2.75, 3.05) is 20.3 Å². The Morgan fingerprint density at radius 3 is 2.56 bits per heavy atom. The second-order valence-corrected chi connectivity index (χ2v) is 5.92. The molecular weight excluding hydrogens is 338 g/mol. The highest BCUT2D eigenvalue weighted by Gasteiger charge is 2.02. The van der Waals surface area contributed by atoms with Crippen molar-refractivity contribution in [3.8, 4) is 23.3 Å². The molecule has 0 aliphatic heterocycles. The number of fused-ring (bicyclic) bond motifs is 1. The van der Waals surface area contributed by atoms with Crippen LogP contribution in [0.25, 0.3) is 10.8 Å². The minimum absolute atomic E-state index is 0.0653. The van der Waals surface area contributed by atoms with Gasteiger partial charge in [-0.15, -0.1) is 0 Å². The van der Waals surface area contributed by atoms with Crippen LogP contribution >= 0.6 is 0 Å². The Kier molecular flexibility index (Phi) is 6.32. The van der Waals surface area contributed by atoms with Gasteiger partial charge in [-0.05, 0) is 29.1 Å². The third kappa shape index (κ3) is 5.26. The molecule has 0 aliphatic carbocycles. The number of ether oxygens (including phenoxy) is 2. The largest absolute Gasteiger partial charge is 0.497 e. The third-order valence-corrected chi connectivity index (χ3v) is 4.07. The van der Waals surface area contributed by atoms with Gasteiger partial charge in [0.05, 0.1) is 20.1 Å². The number of carbonyl (C=O) groups excluding carboxylic acids is 1. The van der Waals surface area contributed by atoms with Crippen molar-refractivity contribution in [2.45, 2.75) is 6.42 Å². The number of methoxy groups -OCH3 is 1. The van der Waals surface area contributed by atoms with Crippen molar-refractivity contribution < 1.29 is 14.3 Å². The van der Waals surface area contributed by atoms with Crippen molar-refractivity contribution in [2.24, 2.45) is 0 Å². The standard InChI is InChI=1S/C23H21NO3/c1-26-20-13-11-18(12-14-20)17-23(25)24-15-4-5-16-27-22-10-6-8-19-7-2-3-9-21(19)22/h2-3,6-14H,15-17H2,1H3,(H,24,25). The monoisotopic (exact) mass is 359 g/mol. The van der Waals surface area contributed by atoms with Crippen LogP contribution in [0.2, 0.25) is 0 Å². The van der Waals surface area contributed by atoms with E-state index < -0.39 is 0 Å². The van der Waals surface area contributed by atoms with Crippen LogP contribution in [0.15, 0.2) is 66.7 Å². The number of hydrogen-bond donors (Lipinski definition) is 1. The summed E-state index contributed by atoms with van der Waals surface area (Å²) in [5.74, 6) is 7.36. The lowest BCUT2D eigenvalue weighted by Crippen LogP contribution is -2.25. The van der Waals surface area contributed by atoms with E-state index in [1.165, 1.54) is 0 Å². The first-order chi connectivity index (χ1) is 13.3. The number of amides is 1. The van der Waals surface area contributed by atoms with Gasteiger partial charge in [-0.1, -0.05) is 60.4 Å². The number of benzene rings is 3. The maximum absolute atomic E-state index is 11.9. The summed E-state index contributed by atoms with van der Waals surface area (Å²) in [5, 5.41) is 4.99. The molecule has 4 heteroatoms. The first-order valence-corrected chi connectivity index (χ1v) is 8.72. The predicted molar refractivity (Wildman–Crippen MR) is 107 cm³/mol. The highest BCUT2D eigenvalue weighted by Crippen LogP contribution is 2.24. The van der Waals surface area contributed by atoms with Gasteiger partial charge in [0.1, 0.15) is 18.1 Å². The van der Waals surface area contributed by atoms with Crippen molar-refractivity contribution in [3.63, 3.8) is 0 Å². The summed E-state index contributed by atoms with van der Waals surface area (Å²) in [7, 11) is 1.62. The van der Waals surface area contributed by atoms with E-state index >= 15 is 0 Å². The van der Waals surface area contributed by atoms with Crippen LogP contribution in [-0.4, -0.2) is 26.2 Å². The molecule has 0 aliphatic rings. The minimum Gasteiger partial charge on any atom is -0.497 e. The zero-order valence-electron chi connectivity index (χ0n) is 15.2. The van der Waals surface area contributed by atoms with E-state index in [0.29, 0.717) is 13.0 Å². The molecule has 0 unspecified atom stereocenters. The van der Waals surface area contributed by atoms with Gasteiger partial charge in [0, 0.05) is 5.39 Å². The number of hydrogen-bond acceptors (Lipinski definition) is 3. The first kappa shape index (κ1) is 18.3. The Hall–Kier alpha value is -3.45. The smallest absolute Gasteiger partial charge is 0.225 e. The molecule has 3 aromatic carbocycles. The normalized spacial score (nSPS) is 9.96. The van der Waals surface area contributed by atoms with Gasteiger partial charge >= 0.3 is 0 Å². The molecule has 4 nitrogen and oxygen atoms in total. The van der Waals surface area contributed by atoms with Crippen molar-refractivity contribution in [3.05, 3.63) is 72.3 Å². The SMILES string of the molecule is COc1ccc(CC(=O)NCC#CCOc2cccc3ccccc23)cc1. The fourth-order valence-electron chi connectivity index (χ4n) is 2.68. The van der Waals surface area contributed by atoms with E-state index in [0.717, 1.165) is 27.8 Å². The van der Waals surface area contributed by atoms with Gasteiger partial charge in [0.15, 0.2) is 0 Å². The quantitative estimate of drug-likeness (QED) is 0.684. The third-order valence-electron chi connectivity index (χ3n) is 4.07. The van der Waals surface area contributed by atoms with E-state index in [1.54, 1.807) is 7.11 Å². The number of nitrogens with one attached hydrogen (secondary N) is 1. The first-order valence-electron chi connectivity index (χ1n) is 8.72. The Morgan fingerprint density at radius 2 is 1.74 bits per heavy atom. The Balaban J connectivity index is 1.43. The molecule has 136 valence electrons. The fourth-order valence-corrected chi connectivity index (χ4v) is 2.68. The molecule has 0 fully saturated rings. The summed E-state index contributed by atoms with van der Waals surface area (Å²) in [6, 6.07) is 21.4. The molecule has 1 amide bonds. The molecule has 3 rings (SSSR count). The number of carbonyl (C=O) groups is 1. The molecule has 0 spiro atoms. The van der Waals surface area contributed by atoms with Crippen molar-refractivity contribution >= 4 is 16.7 Å². The lowest BCUT2D eigenvalue weighted by molar-refractivity contribution is -0.120. The van der Waals surface area contributed by atoms with Gasteiger partial charge in [-0.25, -0.2) is 0 Å². The average molecular weight is 359 g/mol. The molecule has 0 atom stereocenters. The van der Waals surface area contributed by atoms with Crippen LogP contribution < -0.4 is 14.8 Å². The van der Waals surface area contributed by atoms with Gasteiger partial charge in [0.2, 0.25) is 5.91 Å². The Bertz CT molecular complexity index is 963. The highest BCUT2D eigenvalue weighted by molar-refractivity contribution is 5.88. The maximum atomic E-state index is 11.9. The number of rotatable bonds is 6. The van der Waals surface area contributed by atoms with E-state index in [1.807, 2.05) is 66.7 Å². The molecule has 0 heterocycles. The van der Waals surface area contributed by atoms with Crippen LogP contribution in [0.1, 0.15) is 5.56 Å². The van der Waals surface area contributed by atoms with Crippen molar-refractivity contribution in [1.29, 1.82) is 0 Å². The van der Waals surface area contributed by atoms with Gasteiger partial charge in [-0.3, -0.25) is 4.79 Å². The predicted octanol–water partition coefficient (Wildman–Crippen LogP) is 3.59. The Labute approximate surface area is 159 Å². The molecule has 0 saturated heterocycles. The molecule has 0 saturated carbocycles. The zero-order chi connectivity index (χ0) is 18.9. The summed E-state index contributed by atoms with van der Waals surface area (Å²) in [6.45, 7) is 0.580. The van der Waals surface area contributed by atoms with Crippen LogP contribution in [0, 0.1) is 11.8 Å². The van der Waals surface area contributed by atoms with Gasteiger partial charge in [0.25, 0.3) is 0 Å². The zero-order valence-corrected chi connectivity index (χ0v) is 15.2. The van der Waals surface area contributed by atoms with Gasteiger partial charge < -0.3 is 14.8 Å². The summed E-state index contributed by atoms with van der Waals surface area (Å²) in [5.41, 5.74) is 0.931. The summed E-state index contributed by atoms with van der Waals surface area (Å²) >= 11 is 0. The molecule has 1 N–H and O–H groups in total.